The van der Waals surface area contributed by atoms with E-state index in [1.807, 2.05) is 93.8 Å². The number of phenols is 1. The third kappa shape index (κ3) is 8.21. The van der Waals surface area contributed by atoms with Crippen LogP contribution < -0.4 is 0 Å². The van der Waals surface area contributed by atoms with E-state index in [1.165, 1.54) is 0 Å². The zero-order chi connectivity index (χ0) is 50.4. The number of nitrogens with zero attached hydrogens (tertiary/aromatic N) is 3. The summed E-state index contributed by atoms with van der Waals surface area (Å²) in [6.45, 7) is 13.3. The zero-order valence-corrected chi connectivity index (χ0v) is 36.6. The molecule has 2 heterocycles. The third-order valence-electron chi connectivity index (χ3n) is 10.4. The van der Waals surface area contributed by atoms with Crippen molar-refractivity contribution in [3.63, 3.8) is 0 Å². The molecule has 2 aromatic heterocycles. The van der Waals surface area contributed by atoms with Crippen LogP contribution in [0.1, 0.15) is 98.6 Å². The fraction of sp³-hybridized carbons (Fsp3) is 0.222. The van der Waals surface area contributed by atoms with Gasteiger partial charge in [-0.2, -0.15) is 0 Å². The van der Waals surface area contributed by atoms with E-state index >= 15 is 0 Å². The molecule has 0 fully saturated rings. The monoisotopic (exact) mass is 964 g/mol. The van der Waals surface area contributed by atoms with Gasteiger partial charge >= 0.3 is 0 Å². The first-order chi connectivity index (χ1) is 32.1. The van der Waals surface area contributed by atoms with Crippen molar-refractivity contribution in [2.75, 3.05) is 0 Å². The number of fused-ring (bicyclic) bond motifs is 1. The standard InChI is InChI=1S/C54H52N3O.Pt/c1-34(2)46-33-41(25-26-43(46)44-15-10-12-18-47(44)54(7,8)9)57-49-19-14-17-42(51(49)56-52(57)45-16-11-13-20-50(45)58)38-29-39(31-40(30-38)53(4,5)6)48-32-37(27-28-55-48)36-23-21-35(3)22-24-36;/h10-28,30-34,58H,1-9H3;/q-1;/i3D3,21D,22D,23D,24D,27D,28D,32D,34D;. The molecular formula is C54H52N3OPt-. The van der Waals surface area contributed by atoms with Crippen LogP contribution in [0.2, 0.25) is 0 Å². The molecule has 0 amide bonds. The number of hydrogen-bond donors (Lipinski definition) is 1. The molecular weight excluding hydrogens is 902 g/mol. The second-order valence-corrected chi connectivity index (χ2v) is 16.9. The number of para-hydroxylation sites is 2. The largest absolute Gasteiger partial charge is 0.507 e. The molecule has 59 heavy (non-hydrogen) atoms. The number of phenolic OH excluding ortho intramolecular Hbond substituents is 1. The molecule has 0 aliphatic carbocycles. The molecule has 0 saturated heterocycles. The molecule has 8 rings (SSSR count). The van der Waals surface area contributed by atoms with Gasteiger partial charge in [-0.05, 0) is 93.3 Å². The molecule has 0 saturated carbocycles. The Morgan fingerprint density at radius 1 is 0.729 bits per heavy atom. The molecule has 0 bridgehead atoms. The topological polar surface area (TPSA) is 50.9 Å². The minimum Gasteiger partial charge on any atom is -0.507 e. The van der Waals surface area contributed by atoms with Crippen LogP contribution in [0.5, 0.6) is 5.75 Å². The van der Waals surface area contributed by atoms with E-state index in [-0.39, 0.29) is 43.5 Å². The van der Waals surface area contributed by atoms with Crippen molar-refractivity contribution < 1.29 is 41.3 Å². The van der Waals surface area contributed by atoms with E-state index in [9.17, 15) is 7.85 Å². The summed E-state index contributed by atoms with van der Waals surface area (Å²) >= 11 is 0. The Bertz CT molecular complexity index is 3350. The molecule has 5 heteroatoms. The molecule has 0 aliphatic heterocycles. The van der Waals surface area contributed by atoms with Crippen LogP contribution >= 0.6 is 0 Å². The van der Waals surface area contributed by atoms with Gasteiger partial charge in [0.05, 0.1) is 26.2 Å². The van der Waals surface area contributed by atoms with Crippen LogP contribution in [0.15, 0.2) is 139 Å². The molecule has 1 N–H and O–H groups in total. The predicted octanol–water partition coefficient (Wildman–Crippen LogP) is 14.3. The summed E-state index contributed by atoms with van der Waals surface area (Å²) in [7, 11) is 0. The van der Waals surface area contributed by atoms with Gasteiger partial charge in [0, 0.05) is 44.1 Å². The molecule has 0 radical (unpaired) electrons. The summed E-state index contributed by atoms with van der Waals surface area (Å²) < 4.78 is 96.9. The summed E-state index contributed by atoms with van der Waals surface area (Å²) in [6.07, 6.45) is -0.597. The van der Waals surface area contributed by atoms with E-state index in [2.05, 4.69) is 50.0 Å². The average Bonchev–Trinajstić information content (AvgIpc) is 3.66. The van der Waals surface area contributed by atoms with Gasteiger partial charge in [0.25, 0.3) is 0 Å². The number of hydrogen-bond acceptors (Lipinski definition) is 3. The number of aromatic hydroxyl groups is 1. The number of pyridine rings is 1. The Morgan fingerprint density at radius 2 is 1.42 bits per heavy atom. The summed E-state index contributed by atoms with van der Waals surface area (Å²) in [6, 6.07) is 30.0. The van der Waals surface area contributed by atoms with Gasteiger partial charge < -0.3 is 5.11 Å². The van der Waals surface area contributed by atoms with E-state index in [0.717, 1.165) is 27.8 Å². The molecule has 0 unspecified atom stereocenters. The van der Waals surface area contributed by atoms with E-state index < -0.39 is 77.3 Å². The molecule has 0 aliphatic rings. The van der Waals surface area contributed by atoms with Crippen LogP contribution in [-0.2, 0) is 31.9 Å². The van der Waals surface area contributed by atoms with Crippen molar-refractivity contribution in [2.24, 2.45) is 0 Å². The SMILES string of the molecule is [2H]c1nc(-c2[c-]c(-c3cccc4c3nc(-c3ccccc3O)n4-c3ccc(-c4ccccc4C(C)(C)C)c(C([2H])(C)C)c3)cc(C(C)(C)C)c2)c([2H])c(-c2c([2H])c([2H])c(C([2H])([2H])[2H])c([2H])c2[2H])c1[2H].[Pt]. The van der Waals surface area contributed by atoms with Gasteiger partial charge in [0.2, 0.25) is 0 Å². The Morgan fingerprint density at radius 3 is 2.12 bits per heavy atom. The molecule has 6 aromatic carbocycles. The fourth-order valence-corrected chi connectivity index (χ4v) is 7.40. The fourth-order valence-electron chi connectivity index (χ4n) is 7.40. The first kappa shape index (κ1) is 29.6. The second kappa shape index (κ2) is 16.2. The maximum atomic E-state index is 11.4. The van der Waals surface area contributed by atoms with Crippen LogP contribution in [0, 0.1) is 12.9 Å². The van der Waals surface area contributed by atoms with Crippen molar-refractivity contribution in [1.29, 1.82) is 0 Å². The molecule has 0 spiro atoms. The Labute approximate surface area is 379 Å². The van der Waals surface area contributed by atoms with E-state index in [1.54, 1.807) is 24.3 Å². The normalized spacial score (nSPS) is 14.9. The second-order valence-electron chi connectivity index (χ2n) is 16.9. The minimum absolute atomic E-state index is 0. The van der Waals surface area contributed by atoms with Crippen molar-refractivity contribution >= 4 is 11.0 Å². The third-order valence-corrected chi connectivity index (χ3v) is 10.4. The molecule has 4 nitrogen and oxygen atoms in total. The summed E-state index contributed by atoms with van der Waals surface area (Å²) in [4.78, 5) is 9.66. The van der Waals surface area contributed by atoms with Gasteiger partial charge in [-0.15, -0.1) is 29.3 Å². The van der Waals surface area contributed by atoms with Crippen LogP contribution in [0.3, 0.4) is 0 Å². The first-order valence-electron chi connectivity index (χ1n) is 24.8. The van der Waals surface area contributed by atoms with Gasteiger partial charge in [-0.25, -0.2) is 4.98 Å². The summed E-state index contributed by atoms with van der Waals surface area (Å²) in [5.41, 5.74) is 6.07. The van der Waals surface area contributed by atoms with Crippen molar-refractivity contribution in [3.05, 3.63) is 168 Å². The Balaban J connectivity index is 0.00000722. The predicted molar refractivity (Wildman–Crippen MR) is 243 cm³/mol. The van der Waals surface area contributed by atoms with Gasteiger partial charge in [0.1, 0.15) is 11.6 Å². The van der Waals surface area contributed by atoms with Gasteiger partial charge in [-0.1, -0.05) is 157 Å². The summed E-state index contributed by atoms with van der Waals surface area (Å²) in [5.74, 6) is -0.584. The zero-order valence-electron chi connectivity index (χ0n) is 45.3. The van der Waals surface area contributed by atoms with Crippen LogP contribution in [-0.4, -0.2) is 19.6 Å². The van der Waals surface area contributed by atoms with Crippen molar-refractivity contribution in [2.45, 2.75) is 79.0 Å². The van der Waals surface area contributed by atoms with Crippen LogP contribution in [0.25, 0.3) is 72.7 Å². The molecule has 0 atom stereocenters. The number of benzene rings is 6. The minimum atomic E-state index is -2.97. The quantitative estimate of drug-likeness (QED) is 0.162. The summed E-state index contributed by atoms with van der Waals surface area (Å²) in [5, 5.41) is 11.4. The van der Waals surface area contributed by atoms with Crippen LogP contribution in [0.4, 0.5) is 0 Å². The van der Waals surface area contributed by atoms with E-state index in [4.69, 9.17) is 17.3 Å². The maximum absolute atomic E-state index is 11.4. The first-order valence-corrected chi connectivity index (χ1v) is 19.3. The average molecular weight is 965 g/mol. The number of rotatable bonds is 7. The van der Waals surface area contributed by atoms with Crippen molar-refractivity contribution in [3.8, 4) is 67.5 Å². The number of imidazole rings is 1. The smallest absolute Gasteiger partial charge is 0.148 e. The molecule has 8 aromatic rings. The molecule has 300 valence electrons. The van der Waals surface area contributed by atoms with E-state index in [0.29, 0.717) is 39.2 Å². The van der Waals surface area contributed by atoms with Gasteiger partial charge in [0.15, 0.2) is 0 Å². The van der Waals surface area contributed by atoms with Crippen molar-refractivity contribution in [1.82, 2.24) is 14.5 Å². The Hall–Kier alpha value is -5.57. The Kier molecular flexibility index (Phi) is 8.15. The maximum Gasteiger partial charge on any atom is 0.148 e. The number of aromatic nitrogens is 3. The van der Waals surface area contributed by atoms with Gasteiger partial charge in [-0.3, -0.25) is 9.55 Å².